The molecule has 5 nitrogen and oxygen atoms in total. The third kappa shape index (κ3) is 4.02. The van der Waals surface area contributed by atoms with Gasteiger partial charge in [-0.05, 0) is 44.4 Å². The van der Waals surface area contributed by atoms with Crippen LogP contribution in [0.1, 0.15) is 11.8 Å². The molecule has 0 aliphatic heterocycles. The molecule has 0 amide bonds. The van der Waals surface area contributed by atoms with Crippen molar-refractivity contribution in [2.45, 2.75) is 10.9 Å². The van der Waals surface area contributed by atoms with Gasteiger partial charge in [0.2, 0.25) is 10.0 Å². The Hall–Kier alpha value is -1.05. The van der Waals surface area contributed by atoms with Crippen molar-refractivity contribution in [2.75, 3.05) is 20.6 Å². The Bertz CT molecular complexity index is 731. The van der Waals surface area contributed by atoms with Gasteiger partial charge < -0.3 is 4.42 Å². The monoisotopic (exact) mass is 362 g/mol. The van der Waals surface area contributed by atoms with E-state index in [0.717, 1.165) is 0 Å². The number of likely N-dealkylation sites (N-methyl/N-ethyl adjacent to an activating group) is 1. The highest BCUT2D eigenvalue weighted by Gasteiger charge is 2.21. The number of sulfonamides is 1. The summed E-state index contributed by atoms with van der Waals surface area (Å²) in [5.41, 5.74) is 0. The van der Waals surface area contributed by atoms with Gasteiger partial charge in [0.05, 0.1) is 27.2 Å². The molecule has 0 saturated carbocycles. The number of rotatable bonds is 6. The van der Waals surface area contributed by atoms with Gasteiger partial charge in [-0.2, -0.15) is 0 Å². The van der Waals surface area contributed by atoms with Crippen molar-refractivity contribution in [1.82, 2.24) is 9.62 Å². The van der Waals surface area contributed by atoms with E-state index in [4.69, 9.17) is 27.6 Å². The highest BCUT2D eigenvalue weighted by molar-refractivity contribution is 7.89. The highest BCUT2D eigenvalue weighted by Crippen LogP contribution is 2.25. The van der Waals surface area contributed by atoms with E-state index >= 15 is 0 Å². The summed E-state index contributed by atoms with van der Waals surface area (Å²) in [6, 6.07) is 7.54. The summed E-state index contributed by atoms with van der Waals surface area (Å²) in [5, 5.41) is 0.502. The van der Waals surface area contributed by atoms with Gasteiger partial charge in [-0.1, -0.05) is 23.2 Å². The number of furan rings is 1. The third-order valence-corrected chi connectivity index (χ3v) is 5.32. The summed E-state index contributed by atoms with van der Waals surface area (Å²) in [5.74, 6) is 0.682. The number of nitrogens with zero attached hydrogens (tertiary/aromatic N) is 1. The van der Waals surface area contributed by atoms with Crippen LogP contribution >= 0.6 is 23.2 Å². The molecule has 1 aromatic heterocycles. The maximum Gasteiger partial charge on any atom is 0.240 e. The number of halogens is 2. The van der Waals surface area contributed by atoms with E-state index in [-0.39, 0.29) is 22.5 Å². The van der Waals surface area contributed by atoms with Crippen LogP contribution in [0.5, 0.6) is 0 Å². The predicted octanol–water partition coefficient (Wildman–Crippen LogP) is 3.17. The van der Waals surface area contributed by atoms with E-state index in [1.165, 1.54) is 18.2 Å². The van der Waals surface area contributed by atoms with Gasteiger partial charge in [0.1, 0.15) is 5.76 Å². The summed E-state index contributed by atoms with van der Waals surface area (Å²) in [7, 11) is 0.0151. The summed E-state index contributed by atoms with van der Waals surface area (Å²) in [6.45, 7) is 0.170. The molecule has 1 N–H and O–H groups in total. The highest BCUT2D eigenvalue weighted by atomic mass is 35.5. The molecule has 0 spiro atoms. The van der Waals surface area contributed by atoms with Crippen LogP contribution in [0.15, 0.2) is 45.9 Å². The quantitative estimate of drug-likeness (QED) is 0.856. The third-order valence-electron chi connectivity index (χ3n) is 3.16. The average molecular weight is 363 g/mol. The Labute approximate surface area is 139 Å². The molecule has 120 valence electrons. The molecule has 0 fully saturated rings. The Morgan fingerprint density at radius 1 is 1.23 bits per heavy atom. The molecule has 1 unspecified atom stereocenters. The lowest BCUT2D eigenvalue weighted by Gasteiger charge is -2.22. The van der Waals surface area contributed by atoms with E-state index in [2.05, 4.69) is 4.72 Å². The number of nitrogens with one attached hydrogen (secondary N) is 1. The fourth-order valence-electron chi connectivity index (χ4n) is 1.93. The van der Waals surface area contributed by atoms with Crippen molar-refractivity contribution in [3.63, 3.8) is 0 Å². The van der Waals surface area contributed by atoms with E-state index in [9.17, 15) is 8.42 Å². The average Bonchev–Trinajstić information content (AvgIpc) is 2.95. The maximum atomic E-state index is 12.3. The van der Waals surface area contributed by atoms with Crippen molar-refractivity contribution in [3.05, 3.63) is 52.4 Å². The molecule has 0 aliphatic carbocycles. The van der Waals surface area contributed by atoms with Crippen LogP contribution < -0.4 is 4.72 Å². The smallest absolute Gasteiger partial charge is 0.240 e. The molecule has 2 rings (SSSR count). The second-order valence-electron chi connectivity index (χ2n) is 4.92. The lowest BCUT2D eigenvalue weighted by atomic mass is 10.2. The molecule has 1 atom stereocenters. The van der Waals surface area contributed by atoms with Crippen molar-refractivity contribution < 1.29 is 12.8 Å². The molecule has 0 saturated heterocycles. The van der Waals surface area contributed by atoms with Crippen LogP contribution in [0.3, 0.4) is 0 Å². The molecule has 8 heteroatoms. The first-order valence-corrected chi connectivity index (χ1v) is 8.69. The first kappa shape index (κ1) is 17.3. The number of hydrogen-bond acceptors (Lipinski definition) is 4. The Kier molecular flexibility index (Phi) is 5.52. The lowest BCUT2D eigenvalue weighted by molar-refractivity contribution is 0.259. The second kappa shape index (κ2) is 7.02. The minimum atomic E-state index is -3.68. The Morgan fingerprint density at radius 3 is 2.50 bits per heavy atom. The summed E-state index contributed by atoms with van der Waals surface area (Å²) < 4.78 is 32.6. The molecule has 2 aromatic rings. The minimum Gasteiger partial charge on any atom is -0.468 e. The van der Waals surface area contributed by atoms with Gasteiger partial charge in [-0.15, -0.1) is 0 Å². The van der Waals surface area contributed by atoms with Crippen LogP contribution in [0.2, 0.25) is 10.0 Å². The largest absolute Gasteiger partial charge is 0.468 e. The first-order chi connectivity index (χ1) is 10.3. The van der Waals surface area contributed by atoms with Crippen LogP contribution in [0.4, 0.5) is 0 Å². The fourth-order valence-corrected chi connectivity index (χ4v) is 3.36. The van der Waals surface area contributed by atoms with Crippen molar-refractivity contribution in [2.24, 2.45) is 0 Å². The van der Waals surface area contributed by atoms with Crippen LogP contribution in [0.25, 0.3) is 0 Å². The summed E-state index contributed by atoms with van der Waals surface area (Å²) in [4.78, 5) is 1.94. The molecule has 1 heterocycles. The van der Waals surface area contributed by atoms with Crippen LogP contribution in [0, 0.1) is 0 Å². The lowest BCUT2D eigenvalue weighted by Crippen LogP contribution is -2.34. The number of benzene rings is 1. The van der Waals surface area contributed by atoms with E-state index < -0.39 is 10.0 Å². The van der Waals surface area contributed by atoms with E-state index in [0.29, 0.717) is 10.8 Å². The van der Waals surface area contributed by atoms with Crippen LogP contribution in [-0.2, 0) is 10.0 Å². The molecule has 0 aliphatic rings. The normalized spacial score (nSPS) is 13.5. The zero-order valence-electron chi connectivity index (χ0n) is 12.1. The van der Waals surface area contributed by atoms with Gasteiger partial charge in [0, 0.05) is 6.54 Å². The topological polar surface area (TPSA) is 62.6 Å². The standard InChI is InChI=1S/C14H16Cl2N2O3S/c1-18(2)13(14-4-3-7-21-14)9-17-22(19,20)10-5-6-11(15)12(16)8-10/h3-8,13,17H,9H2,1-2H3. The predicted molar refractivity (Wildman–Crippen MR) is 86.8 cm³/mol. The summed E-state index contributed by atoms with van der Waals surface area (Å²) in [6.07, 6.45) is 1.55. The van der Waals surface area contributed by atoms with Gasteiger partial charge in [0.15, 0.2) is 0 Å². The second-order valence-corrected chi connectivity index (χ2v) is 7.50. The fraction of sp³-hybridized carbons (Fsp3) is 0.286. The van der Waals surface area contributed by atoms with Crippen LogP contribution in [-0.4, -0.2) is 34.0 Å². The van der Waals surface area contributed by atoms with Crippen molar-refractivity contribution in [3.8, 4) is 0 Å². The first-order valence-electron chi connectivity index (χ1n) is 6.46. The zero-order valence-corrected chi connectivity index (χ0v) is 14.4. The summed E-state index contributed by atoms with van der Waals surface area (Å²) >= 11 is 11.7. The minimum absolute atomic E-state index is 0.0684. The maximum absolute atomic E-state index is 12.3. The molecular weight excluding hydrogens is 347 g/mol. The number of hydrogen-bond donors (Lipinski definition) is 1. The van der Waals surface area contributed by atoms with Gasteiger partial charge in [-0.25, -0.2) is 13.1 Å². The molecule has 1 aromatic carbocycles. The van der Waals surface area contributed by atoms with Crippen molar-refractivity contribution >= 4 is 33.2 Å². The Morgan fingerprint density at radius 2 is 1.95 bits per heavy atom. The van der Waals surface area contributed by atoms with Gasteiger partial charge >= 0.3 is 0 Å². The van der Waals surface area contributed by atoms with Gasteiger partial charge in [0.25, 0.3) is 0 Å². The Balaban J connectivity index is 2.16. The molecule has 22 heavy (non-hydrogen) atoms. The molecule has 0 bridgehead atoms. The van der Waals surface area contributed by atoms with Gasteiger partial charge in [-0.3, -0.25) is 4.90 Å². The zero-order chi connectivity index (χ0) is 16.3. The molecule has 0 radical (unpaired) electrons. The van der Waals surface area contributed by atoms with Crippen molar-refractivity contribution in [1.29, 1.82) is 0 Å². The SMILES string of the molecule is CN(C)C(CNS(=O)(=O)c1ccc(Cl)c(Cl)c1)c1ccco1. The van der Waals surface area contributed by atoms with E-state index in [1.807, 2.05) is 19.0 Å². The van der Waals surface area contributed by atoms with E-state index in [1.54, 1.807) is 18.4 Å². The molecular formula is C14H16Cl2N2O3S.